The van der Waals surface area contributed by atoms with Crippen LogP contribution in [0.2, 0.25) is 0 Å². The summed E-state index contributed by atoms with van der Waals surface area (Å²) in [5.74, 6) is 0.414. The van der Waals surface area contributed by atoms with Crippen LogP contribution in [0.1, 0.15) is 69.8 Å². The number of benzene rings is 1. The van der Waals surface area contributed by atoms with Gasteiger partial charge in [0.2, 0.25) is 0 Å². The summed E-state index contributed by atoms with van der Waals surface area (Å²) in [4.78, 5) is 19.5. The number of anilines is 1. The number of hydrogen-bond donors (Lipinski definition) is 1. The van der Waals surface area contributed by atoms with E-state index in [0.717, 1.165) is 25.7 Å². The van der Waals surface area contributed by atoms with E-state index in [0.29, 0.717) is 11.5 Å². The van der Waals surface area contributed by atoms with Gasteiger partial charge in [0.05, 0.1) is 31.8 Å². The van der Waals surface area contributed by atoms with E-state index < -0.39 is 10.0 Å². The van der Waals surface area contributed by atoms with Gasteiger partial charge in [0.25, 0.3) is 15.9 Å². The van der Waals surface area contributed by atoms with Gasteiger partial charge in [-0.25, -0.2) is 4.98 Å². The Balaban J connectivity index is 2.04. The summed E-state index contributed by atoms with van der Waals surface area (Å²) in [6.07, 6.45) is 6.68. The quantitative estimate of drug-likeness (QED) is 0.613. The predicted molar refractivity (Wildman–Crippen MR) is 127 cm³/mol. The Morgan fingerprint density at radius 1 is 1.18 bits per heavy atom. The number of rotatable bonds is 8. The van der Waals surface area contributed by atoms with Gasteiger partial charge in [-0.2, -0.15) is 8.42 Å². The Hall–Kier alpha value is -2.75. The molecular formula is C23H34N4O5S. The molecule has 1 aromatic carbocycles. The number of methoxy groups -OCH3 is 2. The third-order valence-electron chi connectivity index (χ3n) is 6.38. The van der Waals surface area contributed by atoms with Crippen molar-refractivity contribution >= 4 is 21.6 Å². The molecule has 2 heterocycles. The molecule has 0 radical (unpaired) electrons. The Kier molecular flexibility index (Phi) is 7.56. The number of nitrogens with one attached hydrogen (secondary N) is 1. The van der Waals surface area contributed by atoms with Gasteiger partial charge in [-0.1, -0.05) is 6.92 Å². The van der Waals surface area contributed by atoms with Gasteiger partial charge in [-0.05, 0) is 52.5 Å². The lowest BCUT2D eigenvalue weighted by molar-refractivity contribution is 0.0511. The number of ether oxygens (including phenoxy) is 2. The van der Waals surface area contributed by atoms with E-state index in [4.69, 9.17) is 9.47 Å². The molecule has 3 atom stereocenters. The lowest BCUT2D eigenvalue weighted by Gasteiger charge is -2.39. The highest BCUT2D eigenvalue weighted by Gasteiger charge is 2.33. The first-order valence-corrected chi connectivity index (χ1v) is 12.8. The molecule has 9 nitrogen and oxygen atoms in total. The lowest BCUT2D eigenvalue weighted by Crippen LogP contribution is -2.47. The molecule has 1 saturated heterocycles. The van der Waals surface area contributed by atoms with E-state index in [-0.39, 0.29) is 40.3 Å². The molecular weight excluding hydrogens is 444 g/mol. The van der Waals surface area contributed by atoms with Gasteiger partial charge in [-0.15, -0.1) is 0 Å². The molecule has 0 bridgehead atoms. The predicted octanol–water partition coefficient (Wildman–Crippen LogP) is 4.08. The van der Waals surface area contributed by atoms with E-state index >= 15 is 0 Å². The topological polar surface area (TPSA) is 103 Å². The summed E-state index contributed by atoms with van der Waals surface area (Å²) in [5.41, 5.74) is 0.332. The second-order valence-electron chi connectivity index (χ2n) is 8.62. The van der Waals surface area contributed by atoms with Crippen LogP contribution in [0.25, 0.3) is 0 Å². The first kappa shape index (κ1) is 24.9. The van der Waals surface area contributed by atoms with Crippen molar-refractivity contribution in [2.75, 3.05) is 18.9 Å². The molecule has 1 aromatic heterocycles. The zero-order valence-electron chi connectivity index (χ0n) is 20.2. The Morgan fingerprint density at radius 3 is 2.36 bits per heavy atom. The van der Waals surface area contributed by atoms with E-state index in [1.165, 1.54) is 38.9 Å². The molecule has 1 N–H and O–H groups in total. The number of likely N-dealkylation sites (tertiary alicyclic amines) is 1. The summed E-state index contributed by atoms with van der Waals surface area (Å²) in [5, 5.41) is -0.115. The molecule has 1 aliphatic heterocycles. The molecule has 3 rings (SSSR count). The van der Waals surface area contributed by atoms with Crippen LogP contribution in [0.4, 0.5) is 5.69 Å². The average Bonchev–Trinajstić information content (AvgIpc) is 3.29. The van der Waals surface area contributed by atoms with Crippen molar-refractivity contribution in [3.8, 4) is 11.5 Å². The summed E-state index contributed by atoms with van der Waals surface area (Å²) >= 11 is 0. The van der Waals surface area contributed by atoms with Crippen LogP contribution in [0.5, 0.6) is 11.5 Å². The minimum Gasteiger partial charge on any atom is -0.493 e. The zero-order chi connectivity index (χ0) is 24.3. The van der Waals surface area contributed by atoms with Crippen LogP contribution in [0.15, 0.2) is 29.7 Å². The number of imidazole rings is 1. The van der Waals surface area contributed by atoms with Crippen molar-refractivity contribution in [3.05, 3.63) is 30.2 Å². The number of nitrogens with zero attached hydrogens (tertiary/aromatic N) is 3. The van der Waals surface area contributed by atoms with Crippen molar-refractivity contribution in [1.82, 2.24) is 14.5 Å². The maximum atomic E-state index is 13.6. The summed E-state index contributed by atoms with van der Waals surface area (Å²) < 4.78 is 41.4. The van der Waals surface area contributed by atoms with Crippen LogP contribution < -0.4 is 14.2 Å². The van der Waals surface area contributed by atoms with Gasteiger partial charge in [0.1, 0.15) is 0 Å². The number of carbonyl (C=O) groups is 1. The standard InChI is InChI=1S/C23H34N4O5S/c1-7-15(2)26-13-22(24-14-26)33(29,30)25-19-12-21(32-6)20(31-5)11-18(19)23(28)27-16(3)9-8-10-17(27)4/h11-17,25H,7-10H2,1-6H3. The average molecular weight is 479 g/mol. The number of piperidine rings is 1. The second-order valence-corrected chi connectivity index (χ2v) is 10.2. The molecule has 0 saturated carbocycles. The number of amides is 1. The molecule has 0 aliphatic carbocycles. The number of hydrogen-bond acceptors (Lipinski definition) is 6. The minimum absolute atomic E-state index is 0.0463. The molecule has 2 aromatic rings. The SMILES string of the molecule is CCC(C)n1cnc(S(=O)(=O)Nc2cc(OC)c(OC)cc2C(=O)N2C(C)CCCC2C)c1. The first-order chi connectivity index (χ1) is 15.6. The van der Waals surface area contributed by atoms with Crippen LogP contribution in [0, 0.1) is 0 Å². The molecule has 10 heteroatoms. The monoisotopic (exact) mass is 478 g/mol. The zero-order valence-corrected chi connectivity index (χ0v) is 21.0. The van der Waals surface area contributed by atoms with E-state index in [2.05, 4.69) is 9.71 Å². The number of carbonyl (C=O) groups excluding carboxylic acids is 1. The van der Waals surface area contributed by atoms with Crippen molar-refractivity contribution in [2.24, 2.45) is 0 Å². The molecule has 3 unspecified atom stereocenters. The minimum atomic E-state index is -4.04. The van der Waals surface area contributed by atoms with Crippen LogP contribution in [-0.4, -0.2) is 55.1 Å². The van der Waals surface area contributed by atoms with E-state index in [9.17, 15) is 13.2 Å². The molecule has 1 amide bonds. The Bertz CT molecular complexity index is 1090. The molecule has 1 fully saturated rings. The highest BCUT2D eigenvalue weighted by atomic mass is 32.2. The van der Waals surface area contributed by atoms with Gasteiger partial charge in [0.15, 0.2) is 16.5 Å². The van der Waals surface area contributed by atoms with Crippen molar-refractivity contribution in [1.29, 1.82) is 0 Å². The van der Waals surface area contributed by atoms with Crippen molar-refractivity contribution in [2.45, 2.75) is 76.5 Å². The molecule has 182 valence electrons. The van der Waals surface area contributed by atoms with Gasteiger partial charge >= 0.3 is 0 Å². The van der Waals surface area contributed by atoms with Crippen molar-refractivity contribution < 1.29 is 22.7 Å². The number of sulfonamides is 1. The maximum absolute atomic E-state index is 13.6. The normalized spacial score (nSPS) is 19.8. The third kappa shape index (κ3) is 5.10. The summed E-state index contributed by atoms with van der Waals surface area (Å²) in [6, 6.07) is 3.22. The van der Waals surface area contributed by atoms with Crippen LogP contribution in [-0.2, 0) is 10.0 Å². The highest BCUT2D eigenvalue weighted by molar-refractivity contribution is 7.92. The second kappa shape index (κ2) is 10.0. The number of aromatic nitrogens is 2. The van der Waals surface area contributed by atoms with Gasteiger partial charge in [-0.3, -0.25) is 9.52 Å². The van der Waals surface area contributed by atoms with Gasteiger partial charge in [0, 0.05) is 30.4 Å². The van der Waals surface area contributed by atoms with E-state index in [1.807, 2.05) is 32.6 Å². The fourth-order valence-corrected chi connectivity index (χ4v) is 5.22. The van der Waals surface area contributed by atoms with E-state index in [1.54, 1.807) is 4.57 Å². The first-order valence-electron chi connectivity index (χ1n) is 11.3. The lowest BCUT2D eigenvalue weighted by atomic mass is 9.96. The molecule has 0 spiro atoms. The molecule has 1 aliphatic rings. The summed E-state index contributed by atoms with van der Waals surface area (Å²) in [7, 11) is -1.11. The summed E-state index contributed by atoms with van der Waals surface area (Å²) in [6.45, 7) is 8.03. The fourth-order valence-electron chi connectivity index (χ4n) is 4.21. The molecule has 33 heavy (non-hydrogen) atoms. The fraction of sp³-hybridized carbons (Fsp3) is 0.565. The smallest absolute Gasteiger partial charge is 0.280 e. The van der Waals surface area contributed by atoms with Crippen molar-refractivity contribution in [3.63, 3.8) is 0 Å². The largest absolute Gasteiger partial charge is 0.493 e. The van der Waals surface area contributed by atoms with Crippen LogP contribution >= 0.6 is 0 Å². The highest BCUT2D eigenvalue weighted by Crippen LogP contribution is 2.36. The van der Waals surface area contributed by atoms with Crippen LogP contribution in [0.3, 0.4) is 0 Å². The maximum Gasteiger partial charge on any atom is 0.280 e. The Labute approximate surface area is 196 Å². The third-order valence-corrected chi connectivity index (χ3v) is 7.63. The van der Waals surface area contributed by atoms with Gasteiger partial charge < -0.3 is 18.9 Å². The Morgan fingerprint density at radius 2 is 1.79 bits per heavy atom.